The molecule has 8 nitrogen and oxygen atoms in total. The maximum absolute atomic E-state index is 13.1. The molecular weight excluding hydrogens is 604 g/mol. The van der Waals surface area contributed by atoms with E-state index in [0.717, 1.165) is 4.47 Å². The molecule has 1 aromatic heterocycles. The second kappa shape index (κ2) is 10.7. The lowest BCUT2D eigenvalue weighted by Crippen LogP contribution is -2.22. The summed E-state index contributed by atoms with van der Waals surface area (Å²) in [5.74, 6) is 0.532. The molecule has 1 heterocycles. The molecule has 0 saturated carbocycles. The van der Waals surface area contributed by atoms with Crippen LogP contribution in [0, 0.1) is 10.1 Å². The van der Waals surface area contributed by atoms with Crippen LogP contribution < -0.4 is 10.3 Å². The Morgan fingerprint density at radius 1 is 1.20 bits per heavy atom. The Hall–Kier alpha value is -3.08. The first kappa shape index (κ1) is 25.0. The van der Waals surface area contributed by atoms with Gasteiger partial charge in [-0.2, -0.15) is 9.78 Å². The van der Waals surface area contributed by atoms with Gasteiger partial charge in [0.2, 0.25) is 5.75 Å². The fraction of sp³-hybridized carbons (Fsp3) is 0.125. The maximum Gasteiger partial charge on any atom is 0.312 e. The van der Waals surface area contributed by atoms with Crippen LogP contribution in [-0.2, 0) is 13.0 Å². The van der Waals surface area contributed by atoms with Gasteiger partial charge in [0, 0.05) is 33.1 Å². The van der Waals surface area contributed by atoms with E-state index in [0.29, 0.717) is 43.8 Å². The molecule has 0 spiro atoms. The van der Waals surface area contributed by atoms with Crippen molar-refractivity contribution in [3.63, 3.8) is 0 Å². The van der Waals surface area contributed by atoms with Gasteiger partial charge in [-0.25, -0.2) is 4.98 Å². The minimum atomic E-state index is -0.539. The number of rotatable bonds is 7. The van der Waals surface area contributed by atoms with Crippen LogP contribution in [0.1, 0.15) is 23.9 Å². The molecule has 11 heteroatoms. The molecule has 0 radical (unpaired) electrons. The third-order valence-electron chi connectivity index (χ3n) is 5.09. The summed E-state index contributed by atoms with van der Waals surface area (Å²) in [6.07, 6.45) is 1.85. The van der Waals surface area contributed by atoms with Gasteiger partial charge in [0.1, 0.15) is 12.4 Å². The van der Waals surface area contributed by atoms with E-state index in [1.54, 1.807) is 42.5 Å². The number of fused-ring (bicyclic) bond motifs is 1. The van der Waals surface area contributed by atoms with Crippen LogP contribution in [0.3, 0.4) is 0 Å². The van der Waals surface area contributed by atoms with Crippen LogP contribution >= 0.6 is 43.5 Å². The highest BCUT2D eigenvalue weighted by Gasteiger charge is 2.21. The van der Waals surface area contributed by atoms with Gasteiger partial charge in [0.15, 0.2) is 0 Å². The third-order valence-corrected chi connectivity index (χ3v) is 6.54. The van der Waals surface area contributed by atoms with Gasteiger partial charge in [0.25, 0.3) is 5.56 Å². The van der Waals surface area contributed by atoms with Crippen molar-refractivity contribution in [2.75, 3.05) is 0 Å². The van der Waals surface area contributed by atoms with Crippen molar-refractivity contribution in [1.29, 1.82) is 0 Å². The minimum absolute atomic E-state index is 0.0557. The van der Waals surface area contributed by atoms with Crippen molar-refractivity contribution >= 4 is 66.3 Å². The fourth-order valence-corrected chi connectivity index (χ4v) is 4.52. The summed E-state index contributed by atoms with van der Waals surface area (Å²) in [4.78, 5) is 28.8. The zero-order chi connectivity index (χ0) is 25.1. The molecule has 4 rings (SSSR count). The molecule has 0 amide bonds. The van der Waals surface area contributed by atoms with Crippen LogP contribution in [0.4, 0.5) is 5.69 Å². The highest BCUT2D eigenvalue weighted by atomic mass is 79.9. The van der Waals surface area contributed by atoms with Gasteiger partial charge in [-0.1, -0.05) is 52.7 Å². The zero-order valence-corrected chi connectivity index (χ0v) is 22.2. The van der Waals surface area contributed by atoms with Crippen molar-refractivity contribution in [2.24, 2.45) is 5.10 Å². The van der Waals surface area contributed by atoms with Gasteiger partial charge in [-0.3, -0.25) is 14.9 Å². The van der Waals surface area contributed by atoms with E-state index in [2.05, 4.69) is 41.9 Å². The first-order valence-corrected chi connectivity index (χ1v) is 12.3. The summed E-state index contributed by atoms with van der Waals surface area (Å²) >= 11 is 12.9. The molecule has 0 unspecified atom stereocenters. The number of hydrogen-bond donors (Lipinski definition) is 0. The normalized spacial score (nSPS) is 11.3. The molecule has 4 aromatic rings. The second-order valence-corrected chi connectivity index (χ2v) is 9.57. The monoisotopic (exact) mass is 618 g/mol. The largest absolute Gasteiger partial charge is 0.481 e. The molecule has 0 aliphatic carbocycles. The van der Waals surface area contributed by atoms with Crippen molar-refractivity contribution in [3.8, 4) is 5.75 Å². The molecule has 0 saturated heterocycles. The van der Waals surface area contributed by atoms with Gasteiger partial charge < -0.3 is 4.74 Å². The average molecular weight is 621 g/mol. The number of ether oxygens (including phenoxy) is 1. The Balaban J connectivity index is 1.71. The number of hydrogen-bond acceptors (Lipinski definition) is 6. The first-order chi connectivity index (χ1) is 16.8. The predicted octanol–water partition coefficient (Wildman–Crippen LogP) is 6.51. The summed E-state index contributed by atoms with van der Waals surface area (Å²) in [5.41, 5.74) is 1.08. The zero-order valence-electron chi connectivity index (χ0n) is 18.2. The van der Waals surface area contributed by atoms with E-state index in [-0.39, 0.29) is 23.6 Å². The lowest BCUT2D eigenvalue weighted by Gasteiger charge is -2.11. The van der Waals surface area contributed by atoms with Crippen molar-refractivity contribution < 1.29 is 9.66 Å². The molecule has 3 aromatic carbocycles. The Bertz CT molecular complexity index is 1540. The predicted molar refractivity (Wildman–Crippen MR) is 143 cm³/mol. The molecule has 0 N–H and O–H groups in total. The third kappa shape index (κ3) is 5.44. The summed E-state index contributed by atoms with van der Waals surface area (Å²) in [7, 11) is 0. The van der Waals surface area contributed by atoms with E-state index < -0.39 is 4.92 Å². The minimum Gasteiger partial charge on any atom is -0.481 e. The van der Waals surface area contributed by atoms with Gasteiger partial charge in [0.05, 0.1) is 26.5 Å². The fourth-order valence-electron chi connectivity index (χ4n) is 3.38. The van der Waals surface area contributed by atoms with Crippen LogP contribution in [0.25, 0.3) is 10.9 Å². The van der Waals surface area contributed by atoms with E-state index in [4.69, 9.17) is 16.3 Å². The lowest BCUT2D eigenvalue weighted by molar-refractivity contribution is -0.386. The van der Waals surface area contributed by atoms with E-state index in [1.165, 1.54) is 17.0 Å². The molecule has 178 valence electrons. The lowest BCUT2D eigenvalue weighted by atomic mass is 10.2. The van der Waals surface area contributed by atoms with E-state index in [1.807, 2.05) is 13.0 Å². The highest BCUT2D eigenvalue weighted by molar-refractivity contribution is 9.10. The molecule has 35 heavy (non-hydrogen) atoms. The van der Waals surface area contributed by atoms with E-state index >= 15 is 0 Å². The number of aromatic nitrogens is 2. The summed E-state index contributed by atoms with van der Waals surface area (Å²) in [5, 5.41) is 17.0. The standard InChI is InChI=1S/C24H17Br2ClN4O4/c1-2-22-29-20-8-7-16(25)11-17(20)24(32)30(22)28-12-14-9-18(26)23(21(10-14)31(33)34)35-13-15-5-3-4-6-19(15)27/h3-12H,2,13H2,1H3. The van der Waals surface area contributed by atoms with Gasteiger partial charge in [-0.15, -0.1) is 0 Å². The smallest absolute Gasteiger partial charge is 0.312 e. The number of nitro benzene ring substituents is 1. The first-order valence-electron chi connectivity index (χ1n) is 10.4. The van der Waals surface area contributed by atoms with Crippen LogP contribution in [-0.4, -0.2) is 20.8 Å². The average Bonchev–Trinajstić information content (AvgIpc) is 2.83. The van der Waals surface area contributed by atoms with Crippen LogP contribution in [0.2, 0.25) is 5.02 Å². The number of halogens is 3. The molecule has 0 aliphatic heterocycles. The number of nitro groups is 1. The Morgan fingerprint density at radius 2 is 1.97 bits per heavy atom. The molecule has 0 atom stereocenters. The maximum atomic E-state index is 13.1. The van der Waals surface area contributed by atoms with Crippen LogP contribution in [0.5, 0.6) is 5.75 Å². The van der Waals surface area contributed by atoms with Crippen LogP contribution in [0.15, 0.2) is 73.4 Å². The van der Waals surface area contributed by atoms with Crippen molar-refractivity contribution in [2.45, 2.75) is 20.0 Å². The molecular formula is C24H17Br2ClN4O4. The number of nitrogens with zero attached hydrogens (tertiary/aromatic N) is 4. The summed E-state index contributed by atoms with van der Waals surface area (Å²) < 4.78 is 8.06. The molecule has 0 aliphatic rings. The van der Waals surface area contributed by atoms with E-state index in [9.17, 15) is 14.9 Å². The van der Waals surface area contributed by atoms with Crippen molar-refractivity contribution in [1.82, 2.24) is 9.66 Å². The molecule has 0 fully saturated rings. The molecule has 0 bridgehead atoms. The Labute approximate surface area is 221 Å². The highest BCUT2D eigenvalue weighted by Crippen LogP contribution is 2.37. The Morgan fingerprint density at radius 3 is 2.69 bits per heavy atom. The summed E-state index contributed by atoms with van der Waals surface area (Å²) in [6.45, 7) is 1.92. The topological polar surface area (TPSA) is 99.6 Å². The SMILES string of the molecule is CCc1nc2ccc(Br)cc2c(=O)n1N=Cc1cc(Br)c(OCc2ccccc2Cl)c([N+](=O)[O-])c1. The summed E-state index contributed by atoms with van der Waals surface area (Å²) in [6, 6.07) is 15.3. The number of aryl methyl sites for hydroxylation is 1. The quantitative estimate of drug-likeness (QED) is 0.133. The van der Waals surface area contributed by atoms with Crippen molar-refractivity contribution in [3.05, 3.63) is 106 Å². The van der Waals surface area contributed by atoms with Gasteiger partial charge >= 0.3 is 5.69 Å². The number of benzene rings is 3. The second-order valence-electron chi connectivity index (χ2n) is 7.39. The van der Waals surface area contributed by atoms with Gasteiger partial charge in [-0.05, 0) is 46.3 Å². The Kier molecular flexibility index (Phi) is 7.63.